The quantitative estimate of drug-likeness (QED) is 0.699. The van der Waals surface area contributed by atoms with Gasteiger partial charge in [-0.1, -0.05) is 53.2 Å². The first-order valence-corrected chi connectivity index (χ1v) is 10.5. The first kappa shape index (κ1) is 21.5. The zero-order chi connectivity index (χ0) is 20.0. The molecule has 2 rings (SSSR count). The fourth-order valence-corrected chi connectivity index (χ4v) is 3.67. The van der Waals surface area contributed by atoms with Crippen LogP contribution in [0.3, 0.4) is 0 Å². The maximum atomic E-state index is 12.9. The number of carbonyl (C=O) groups is 2. The van der Waals surface area contributed by atoms with Gasteiger partial charge in [0.05, 0.1) is 0 Å². The summed E-state index contributed by atoms with van der Waals surface area (Å²) in [5.41, 5.74) is 2.02. The molecule has 1 saturated carbocycles. The van der Waals surface area contributed by atoms with Gasteiger partial charge in [0.2, 0.25) is 11.8 Å². The Morgan fingerprint density at radius 3 is 2.15 bits per heavy atom. The van der Waals surface area contributed by atoms with Crippen LogP contribution in [0.4, 0.5) is 5.69 Å². The van der Waals surface area contributed by atoms with Crippen LogP contribution >= 0.6 is 0 Å². The Morgan fingerprint density at radius 1 is 1.04 bits per heavy atom. The molecule has 4 heteroatoms. The van der Waals surface area contributed by atoms with Crippen LogP contribution in [0.1, 0.15) is 78.2 Å². The van der Waals surface area contributed by atoms with Crippen molar-refractivity contribution in [2.75, 3.05) is 5.32 Å². The molecule has 0 aliphatic heterocycles. The molecule has 2 N–H and O–H groups in total. The Labute approximate surface area is 164 Å². The molecular weight excluding hydrogens is 336 g/mol. The average molecular weight is 373 g/mol. The molecule has 0 bridgehead atoms. The van der Waals surface area contributed by atoms with E-state index in [1.54, 1.807) is 0 Å². The van der Waals surface area contributed by atoms with Gasteiger partial charge in [-0.15, -0.1) is 0 Å². The summed E-state index contributed by atoms with van der Waals surface area (Å²) >= 11 is 0. The van der Waals surface area contributed by atoms with E-state index >= 15 is 0 Å². The first-order chi connectivity index (χ1) is 12.8. The molecule has 1 aromatic carbocycles. The lowest BCUT2D eigenvalue weighted by atomic mass is 9.82. The fourth-order valence-electron chi connectivity index (χ4n) is 3.67. The Bertz CT molecular complexity index is 616. The fraction of sp³-hybridized carbons (Fsp3) is 0.652. The van der Waals surface area contributed by atoms with E-state index in [1.807, 2.05) is 31.2 Å². The number of benzene rings is 1. The van der Waals surface area contributed by atoms with Crippen LogP contribution in [0.5, 0.6) is 0 Å². The van der Waals surface area contributed by atoms with Crippen LogP contribution in [0, 0.1) is 17.8 Å². The second-order valence-electron chi connectivity index (χ2n) is 8.59. The summed E-state index contributed by atoms with van der Waals surface area (Å²) < 4.78 is 0. The lowest BCUT2D eigenvalue weighted by Crippen LogP contribution is -2.49. The molecule has 2 atom stereocenters. The molecule has 0 heterocycles. The molecule has 2 amide bonds. The van der Waals surface area contributed by atoms with Crippen molar-refractivity contribution in [1.82, 2.24) is 5.32 Å². The molecular formula is C23H36N2O2. The number of amides is 2. The Kier molecular flexibility index (Phi) is 7.88. The predicted octanol–water partition coefficient (Wildman–Crippen LogP) is 5.11. The number of carbonyl (C=O) groups excluding carboxylic acids is 2. The van der Waals surface area contributed by atoms with E-state index in [0.29, 0.717) is 11.8 Å². The lowest BCUT2D eigenvalue weighted by molar-refractivity contribution is -0.131. The van der Waals surface area contributed by atoms with Gasteiger partial charge in [0.15, 0.2) is 0 Å². The minimum absolute atomic E-state index is 0.0394. The number of hydrogen-bond acceptors (Lipinski definition) is 2. The van der Waals surface area contributed by atoms with Crippen LogP contribution in [0.15, 0.2) is 24.3 Å². The monoisotopic (exact) mass is 372 g/mol. The van der Waals surface area contributed by atoms with E-state index in [2.05, 4.69) is 38.3 Å². The Hall–Kier alpha value is -1.84. The normalized spacial score (nSPS) is 22.1. The Morgan fingerprint density at radius 2 is 1.63 bits per heavy atom. The molecule has 1 aliphatic carbocycles. The third-order valence-electron chi connectivity index (χ3n) is 6.02. The average Bonchev–Trinajstić information content (AvgIpc) is 2.66. The smallest absolute Gasteiger partial charge is 0.247 e. The predicted molar refractivity (Wildman–Crippen MR) is 112 cm³/mol. The van der Waals surface area contributed by atoms with Crippen LogP contribution in [0.2, 0.25) is 0 Å². The largest absolute Gasteiger partial charge is 0.344 e. The highest BCUT2D eigenvalue weighted by atomic mass is 16.2. The zero-order valence-electron chi connectivity index (χ0n) is 17.5. The molecule has 1 aromatic rings. The van der Waals surface area contributed by atoms with E-state index in [4.69, 9.17) is 0 Å². The van der Waals surface area contributed by atoms with E-state index in [1.165, 1.54) is 5.56 Å². The minimum Gasteiger partial charge on any atom is -0.344 e. The van der Waals surface area contributed by atoms with Crippen LogP contribution in [0.25, 0.3) is 0 Å². The van der Waals surface area contributed by atoms with Crippen LogP contribution in [-0.2, 0) is 9.59 Å². The summed E-state index contributed by atoms with van der Waals surface area (Å²) in [6.45, 7) is 10.6. The summed E-state index contributed by atoms with van der Waals surface area (Å²) in [4.78, 5) is 25.6. The highest BCUT2D eigenvalue weighted by Gasteiger charge is 2.30. The molecule has 0 unspecified atom stereocenters. The van der Waals surface area contributed by atoms with Crippen molar-refractivity contribution in [2.24, 2.45) is 17.8 Å². The van der Waals surface area contributed by atoms with Crippen molar-refractivity contribution in [3.8, 4) is 0 Å². The number of rotatable bonds is 7. The van der Waals surface area contributed by atoms with Crippen molar-refractivity contribution in [3.05, 3.63) is 29.8 Å². The lowest BCUT2D eigenvalue weighted by Gasteiger charge is -2.29. The van der Waals surface area contributed by atoms with E-state index in [0.717, 1.165) is 37.8 Å². The Balaban J connectivity index is 2.01. The highest BCUT2D eigenvalue weighted by molar-refractivity contribution is 5.97. The van der Waals surface area contributed by atoms with Gasteiger partial charge >= 0.3 is 0 Å². The molecule has 1 aliphatic rings. The van der Waals surface area contributed by atoms with E-state index < -0.39 is 6.04 Å². The molecule has 150 valence electrons. The topological polar surface area (TPSA) is 58.2 Å². The molecule has 0 saturated heterocycles. The van der Waals surface area contributed by atoms with Gasteiger partial charge in [-0.05, 0) is 61.1 Å². The zero-order valence-corrected chi connectivity index (χ0v) is 17.5. The van der Waals surface area contributed by atoms with Gasteiger partial charge in [0.1, 0.15) is 6.04 Å². The molecule has 0 spiro atoms. The molecule has 0 aromatic heterocycles. The highest BCUT2D eigenvalue weighted by Crippen LogP contribution is 2.28. The van der Waals surface area contributed by atoms with Gasteiger partial charge in [0, 0.05) is 11.6 Å². The van der Waals surface area contributed by atoms with Crippen molar-refractivity contribution in [3.63, 3.8) is 0 Å². The second kappa shape index (κ2) is 9.91. The first-order valence-electron chi connectivity index (χ1n) is 10.5. The summed E-state index contributed by atoms with van der Waals surface area (Å²) in [6, 6.07) is 7.46. The van der Waals surface area contributed by atoms with E-state index in [9.17, 15) is 9.59 Å². The third-order valence-corrected chi connectivity index (χ3v) is 6.02. The van der Waals surface area contributed by atoms with Crippen molar-refractivity contribution in [2.45, 2.75) is 78.7 Å². The van der Waals surface area contributed by atoms with E-state index in [-0.39, 0.29) is 23.7 Å². The number of hydrogen-bond donors (Lipinski definition) is 2. The SMILES string of the molecule is CC[C@@H](C)[C@@H](NC(=O)C1CCC(C)CC1)C(=O)Nc1ccc(C(C)C)cc1. The van der Waals surface area contributed by atoms with Crippen molar-refractivity contribution >= 4 is 17.5 Å². The number of nitrogens with one attached hydrogen (secondary N) is 2. The molecule has 4 nitrogen and oxygen atoms in total. The third kappa shape index (κ3) is 6.08. The van der Waals surface area contributed by atoms with Crippen LogP contribution < -0.4 is 10.6 Å². The molecule has 27 heavy (non-hydrogen) atoms. The van der Waals surface area contributed by atoms with Gasteiger partial charge in [-0.3, -0.25) is 9.59 Å². The standard InChI is InChI=1S/C23H36N2O2/c1-6-17(5)21(25-22(26)19-9-7-16(4)8-10-19)23(27)24-20-13-11-18(12-14-20)15(2)3/h11-17,19,21H,6-10H2,1-5H3,(H,24,27)(H,25,26)/t16?,17-,19?,21-/m1/s1. The molecule has 1 fully saturated rings. The van der Waals surface area contributed by atoms with Gasteiger partial charge < -0.3 is 10.6 Å². The summed E-state index contributed by atoms with van der Waals surface area (Å²) in [5.74, 6) is 1.21. The second-order valence-corrected chi connectivity index (χ2v) is 8.59. The summed E-state index contributed by atoms with van der Waals surface area (Å²) in [5, 5.41) is 6.04. The van der Waals surface area contributed by atoms with Crippen LogP contribution in [-0.4, -0.2) is 17.9 Å². The summed E-state index contributed by atoms with van der Waals surface area (Å²) in [7, 11) is 0. The van der Waals surface area contributed by atoms with Gasteiger partial charge in [-0.25, -0.2) is 0 Å². The van der Waals surface area contributed by atoms with Crippen molar-refractivity contribution < 1.29 is 9.59 Å². The van der Waals surface area contributed by atoms with Gasteiger partial charge in [0.25, 0.3) is 0 Å². The maximum absolute atomic E-state index is 12.9. The van der Waals surface area contributed by atoms with Gasteiger partial charge in [-0.2, -0.15) is 0 Å². The minimum atomic E-state index is -0.494. The maximum Gasteiger partial charge on any atom is 0.247 e. The molecule has 0 radical (unpaired) electrons. The summed E-state index contributed by atoms with van der Waals surface area (Å²) in [6.07, 6.45) is 4.89. The van der Waals surface area contributed by atoms with Crippen molar-refractivity contribution in [1.29, 1.82) is 0 Å². The number of anilines is 1.